The summed E-state index contributed by atoms with van der Waals surface area (Å²) in [4.78, 5) is 12.9. The Morgan fingerprint density at radius 1 is 1.10 bits per heavy atom. The van der Waals surface area contributed by atoms with Crippen molar-refractivity contribution in [3.63, 3.8) is 0 Å². The number of phenolic OH excluding ortho intramolecular Hbond substituents is 1. The minimum atomic E-state index is -0.231. The van der Waals surface area contributed by atoms with Gasteiger partial charge >= 0.3 is 0 Å². The van der Waals surface area contributed by atoms with Gasteiger partial charge in [0.15, 0.2) is 0 Å². The molecule has 0 saturated carbocycles. The van der Waals surface area contributed by atoms with Crippen LogP contribution >= 0.6 is 11.3 Å². The summed E-state index contributed by atoms with van der Waals surface area (Å²) in [6.07, 6.45) is 3.78. The molecule has 5 heteroatoms. The van der Waals surface area contributed by atoms with Gasteiger partial charge < -0.3 is 15.0 Å². The van der Waals surface area contributed by atoms with E-state index in [1.165, 1.54) is 17.4 Å². The first-order valence-corrected chi connectivity index (χ1v) is 6.94. The number of thiophene rings is 1. The molecule has 20 heavy (non-hydrogen) atoms. The molecule has 1 aromatic carbocycles. The first kappa shape index (κ1) is 12.5. The Balaban J connectivity index is 1.89. The average molecular weight is 284 g/mol. The van der Waals surface area contributed by atoms with E-state index < -0.39 is 0 Å². The standard InChI is InChI=1S/C15H12N2O2S/c18-13-6-2-1-5-11(13)16-15(19)14-12(7-10-20-14)17-8-3-4-9-17/h1-10,18H,(H,16,19). The summed E-state index contributed by atoms with van der Waals surface area (Å²) in [5.74, 6) is -0.176. The van der Waals surface area contributed by atoms with E-state index in [-0.39, 0.29) is 11.7 Å². The fourth-order valence-corrected chi connectivity index (χ4v) is 2.71. The second-order valence-corrected chi connectivity index (χ2v) is 5.11. The summed E-state index contributed by atoms with van der Waals surface area (Å²) < 4.78 is 1.89. The van der Waals surface area contributed by atoms with Crippen molar-refractivity contribution >= 4 is 22.9 Å². The first-order valence-electron chi connectivity index (χ1n) is 6.06. The number of nitrogens with one attached hydrogen (secondary N) is 1. The van der Waals surface area contributed by atoms with Gasteiger partial charge in [0.05, 0.1) is 11.4 Å². The maximum absolute atomic E-state index is 12.3. The van der Waals surface area contributed by atoms with Crippen LogP contribution < -0.4 is 5.32 Å². The molecule has 0 radical (unpaired) electrons. The minimum absolute atomic E-state index is 0.0555. The third-order valence-corrected chi connectivity index (χ3v) is 3.79. The van der Waals surface area contributed by atoms with Gasteiger partial charge in [0.25, 0.3) is 5.91 Å². The Labute approximate surface area is 119 Å². The molecule has 1 amide bonds. The van der Waals surface area contributed by atoms with Crippen LogP contribution in [0.4, 0.5) is 5.69 Å². The largest absolute Gasteiger partial charge is 0.506 e. The highest BCUT2D eigenvalue weighted by Gasteiger charge is 2.15. The lowest BCUT2D eigenvalue weighted by Gasteiger charge is -2.08. The van der Waals surface area contributed by atoms with Gasteiger partial charge in [-0.15, -0.1) is 11.3 Å². The summed E-state index contributed by atoms with van der Waals surface area (Å²) in [6, 6.07) is 12.4. The topological polar surface area (TPSA) is 54.3 Å². The average Bonchev–Trinajstić information content (AvgIpc) is 3.11. The predicted octanol–water partition coefficient (Wildman–Crippen LogP) is 3.50. The summed E-state index contributed by atoms with van der Waals surface area (Å²) in [7, 11) is 0. The van der Waals surface area contributed by atoms with Gasteiger partial charge in [-0.2, -0.15) is 0 Å². The highest BCUT2D eigenvalue weighted by Crippen LogP contribution is 2.26. The molecule has 0 spiro atoms. The molecule has 2 N–H and O–H groups in total. The zero-order valence-corrected chi connectivity index (χ0v) is 11.3. The molecule has 2 heterocycles. The molecule has 0 aliphatic carbocycles. The van der Waals surface area contributed by atoms with Gasteiger partial charge in [-0.3, -0.25) is 4.79 Å². The van der Waals surface area contributed by atoms with E-state index in [1.54, 1.807) is 18.2 Å². The van der Waals surface area contributed by atoms with Crippen LogP contribution in [-0.4, -0.2) is 15.6 Å². The highest BCUT2D eigenvalue weighted by molar-refractivity contribution is 7.12. The number of benzene rings is 1. The van der Waals surface area contributed by atoms with Crippen LogP contribution in [0.25, 0.3) is 5.69 Å². The molecule has 0 bridgehead atoms. The lowest BCUT2D eigenvalue weighted by molar-refractivity contribution is 0.103. The molecule has 0 aliphatic rings. The van der Waals surface area contributed by atoms with E-state index >= 15 is 0 Å². The Kier molecular flexibility index (Phi) is 3.26. The molecule has 2 aromatic heterocycles. The van der Waals surface area contributed by atoms with Crippen molar-refractivity contribution in [3.05, 3.63) is 65.1 Å². The maximum Gasteiger partial charge on any atom is 0.267 e. The van der Waals surface area contributed by atoms with Gasteiger partial charge in [0.1, 0.15) is 10.6 Å². The molecule has 3 aromatic rings. The van der Waals surface area contributed by atoms with Gasteiger partial charge in [0.2, 0.25) is 0 Å². The molecule has 3 rings (SSSR count). The lowest BCUT2D eigenvalue weighted by Crippen LogP contribution is -2.12. The van der Waals surface area contributed by atoms with E-state index in [9.17, 15) is 9.90 Å². The number of anilines is 1. The van der Waals surface area contributed by atoms with Gasteiger partial charge in [-0.05, 0) is 35.7 Å². The zero-order valence-electron chi connectivity index (χ0n) is 10.5. The van der Waals surface area contributed by atoms with Crippen LogP contribution in [0.3, 0.4) is 0 Å². The van der Waals surface area contributed by atoms with E-state index in [2.05, 4.69) is 5.32 Å². The third kappa shape index (κ3) is 2.31. The number of hydrogen-bond acceptors (Lipinski definition) is 3. The number of amides is 1. The summed E-state index contributed by atoms with van der Waals surface area (Å²) >= 11 is 1.37. The van der Waals surface area contributed by atoms with Crippen molar-refractivity contribution in [3.8, 4) is 11.4 Å². The Morgan fingerprint density at radius 3 is 2.60 bits per heavy atom. The van der Waals surface area contributed by atoms with Crippen LogP contribution in [0.2, 0.25) is 0 Å². The molecule has 0 aliphatic heterocycles. The van der Waals surface area contributed by atoms with E-state index in [0.717, 1.165) is 5.69 Å². The number of para-hydroxylation sites is 2. The SMILES string of the molecule is O=C(Nc1ccccc1O)c1sccc1-n1cccc1. The van der Waals surface area contributed by atoms with Crippen molar-refractivity contribution in [2.24, 2.45) is 0 Å². The number of aromatic nitrogens is 1. The Bertz CT molecular complexity index is 732. The number of nitrogens with zero attached hydrogens (tertiary/aromatic N) is 1. The Morgan fingerprint density at radius 2 is 1.85 bits per heavy atom. The molecule has 0 saturated heterocycles. The maximum atomic E-state index is 12.3. The number of hydrogen-bond donors (Lipinski definition) is 2. The molecule has 0 fully saturated rings. The second kappa shape index (κ2) is 5.22. The van der Waals surface area contributed by atoms with Crippen LogP contribution in [0.15, 0.2) is 60.2 Å². The second-order valence-electron chi connectivity index (χ2n) is 4.20. The molecular weight excluding hydrogens is 272 g/mol. The van der Waals surface area contributed by atoms with Crippen molar-refractivity contribution in [1.29, 1.82) is 0 Å². The van der Waals surface area contributed by atoms with E-state index in [0.29, 0.717) is 10.6 Å². The molecule has 0 atom stereocenters. The third-order valence-electron chi connectivity index (χ3n) is 2.89. The predicted molar refractivity (Wildman–Crippen MR) is 79.7 cm³/mol. The van der Waals surface area contributed by atoms with Crippen LogP contribution in [0.1, 0.15) is 9.67 Å². The highest BCUT2D eigenvalue weighted by atomic mass is 32.1. The van der Waals surface area contributed by atoms with Gasteiger partial charge in [0, 0.05) is 12.4 Å². The first-order chi connectivity index (χ1) is 9.75. The van der Waals surface area contributed by atoms with Crippen LogP contribution in [0, 0.1) is 0 Å². The normalized spacial score (nSPS) is 10.4. The zero-order chi connectivity index (χ0) is 13.9. The van der Waals surface area contributed by atoms with Crippen LogP contribution in [0.5, 0.6) is 5.75 Å². The smallest absolute Gasteiger partial charge is 0.267 e. The number of phenols is 1. The van der Waals surface area contributed by atoms with Gasteiger partial charge in [-0.25, -0.2) is 0 Å². The van der Waals surface area contributed by atoms with Crippen molar-refractivity contribution in [2.75, 3.05) is 5.32 Å². The number of carbonyl (C=O) groups is 1. The minimum Gasteiger partial charge on any atom is -0.506 e. The fourth-order valence-electron chi connectivity index (χ4n) is 1.93. The lowest BCUT2D eigenvalue weighted by atomic mass is 10.3. The van der Waals surface area contributed by atoms with E-state index in [4.69, 9.17) is 0 Å². The summed E-state index contributed by atoms with van der Waals surface area (Å²) in [5.41, 5.74) is 1.23. The van der Waals surface area contributed by atoms with Crippen LogP contribution in [-0.2, 0) is 0 Å². The molecule has 0 unspecified atom stereocenters. The molecule has 4 nitrogen and oxygen atoms in total. The number of aromatic hydroxyl groups is 1. The van der Waals surface area contributed by atoms with Crippen molar-refractivity contribution < 1.29 is 9.90 Å². The molecular formula is C15H12N2O2S. The molecule has 100 valence electrons. The quantitative estimate of drug-likeness (QED) is 0.723. The summed E-state index contributed by atoms with van der Waals surface area (Å²) in [5, 5.41) is 14.3. The van der Waals surface area contributed by atoms with Gasteiger partial charge in [-0.1, -0.05) is 12.1 Å². The number of carbonyl (C=O) groups excluding carboxylic acids is 1. The monoisotopic (exact) mass is 284 g/mol. The Hall–Kier alpha value is -2.53. The number of rotatable bonds is 3. The van der Waals surface area contributed by atoms with Crippen molar-refractivity contribution in [2.45, 2.75) is 0 Å². The van der Waals surface area contributed by atoms with Crippen molar-refractivity contribution in [1.82, 2.24) is 4.57 Å². The summed E-state index contributed by atoms with van der Waals surface area (Å²) in [6.45, 7) is 0. The fraction of sp³-hybridized carbons (Fsp3) is 0. The van der Waals surface area contributed by atoms with E-state index in [1.807, 2.05) is 40.5 Å².